The van der Waals surface area contributed by atoms with Gasteiger partial charge in [-0.15, -0.1) is 11.3 Å². The van der Waals surface area contributed by atoms with Gasteiger partial charge in [-0.3, -0.25) is 4.79 Å². The number of sulfonamides is 1. The van der Waals surface area contributed by atoms with E-state index >= 15 is 0 Å². The van der Waals surface area contributed by atoms with Crippen LogP contribution in [0.15, 0.2) is 52.2 Å². The summed E-state index contributed by atoms with van der Waals surface area (Å²) in [7, 11) is -3.45. The maximum atomic E-state index is 12.9. The van der Waals surface area contributed by atoms with Crippen LogP contribution >= 0.6 is 11.3 Å². The maximum absolute atomic E-state index is 12.9. The molecule has 1 aromatic heterocycles. The van der Waals surface area contributed by atoms with E-state index in [1.165, 1.54) is 9.18 Å². The van der Waals surface area contributed by atoms with Crippen LogP contribution in [0.25, 0.3) is 10.1 Å². The Hall–Kier alpha value is -2.22. The lowest BCUT2D eigenvalue weighted by atomic mass is 9.87. The Morgan fingerprint density at radius 3 is 2.84 bits per heavy atom. The highest BCUT2D eigenvalue weighted by molar-refractivity contribution is 7.89. The highest BCUT2D eigenvalue weighted by atomic mass is 32.2. The quantitative estimate of drug-likeness (QED) is 0.573. The Labute approximate surface area is 186 Å². The summed E-state index contributed by atoms with van der Waals surface area (Å²) >= 11 is 1.70. The number of fused-ring (bicyclic) bond motifs is 3. The zero-order chi connectivity index (χ0) is 21.6. The lowest BCUT2D eigenvalue weighted by molar-refractivity contribution is 0.274. The van der Waals surface area contributed by atoms with Crippen LogP contribution in [-0.4, -0.2) is 25.9 Å². The normalized spacial score (nSPS) is 19.8. The first-order valence-corrected chi connectivity index (χ1v) is 13.0. The fraction of sp³-hybridized carbons (Fsp3) is 0.375. The van der Waals surface area contributed by atoms with Crippen molar-refractivity contribution >= 4 is 31.4 Å². The summed E-state index contributed by atoms with van der Waals surface area (Å²) in [5.41, 5.74) is 1.98. The third-order valence-corrected chi connectivity index (χ3v) is 9.60. The zero-order valence-corrected chi connectivity index (χ0v) is 19.1. The first kappa shape index (κ1) is 20.7. The van der Waals surface area contributed by atoms with Crippen molar-refractivity contribution in [2.24, 2.45) is 5.92 Å². The predicted octanol–water partition coefficient (Wildman–Crippen LogP) is 4.36. The second-order valence-corrected chi connectivity index (χ2v) is 11.3. The fourth-order valence-electron chi connectivity index (χ4n) is 4.59. The van der Waals surface area contributed by atoms with Gasteiger partial charge in [0.2, 0.25) is 10.0 Å². The summed E-state index contributed by atoms with van der Waals surface area (Å²) in [4.78, 5) is 14.5. The molecule has 7 heteroatoms. The summed E-state index contributed by atoms with van der Waals surface area (Å²) in [5, 5.41) is 0.753. The average molecular weight is 456 g/mol. The Bertz CT molecular complexity index is 1310. The number of rotatable bonds is 5. The molecule has 0 saturated heterocycles. The molecule has 0 bridgehead atoms. The van der Waals surface area contributed by atoms with Crippen molar-refractivity contribution in [2.75, 3.05) is 13.2 Å². The van der Waals surface area contributed by atoms with E-state index in [9.17, 15) is 13.2 Å². The predicted molar refractivity (Wildman–Crippen MR) is 123 cm³/mol. The molecule has 3 aromatic rings. The minimum absolute atomic E-state index is 0.158. The van der Waals surface area contributed by atoms with Gasteiger partial charge in [0.25, 0.3) is 0 Å². The van der Waals surface area contributed by atoms with Crippen molar-refractivity contribution in [3.05, 3.63) is 68.7 Å². The molecule has 2 aromatic carbocycles. The van der Waals surface area contributed by atoms with Gasteiger partial charge in [-0.05, 0) is 55.0 Å². The number of ether oxygens (including phenoxy) is 1. The number of hydrogen-bond donors (Lipinski definition) is 0. The van der Waals surface area contributed by atoms with Crippen molar-refractivity contribution < 1.29 is 13.2 Å². The lowest BCUT2D eigenvalue weighted by Gasteiger charge is -2.22. The molecule has 1 aliphatic heterocycles. The first-order valence-electron chi connectivity index (χ1n) is 10.8. The largest absolute Gasteiger partial charge is 0.492 e. The van der Waals surface area contributed by atoms with Gasteiger partial charge in [0.05, 0.1) is 4.90 Å². The molecule has 5 rings (SSSR count). The minimum atomic E-state index is -3.45. The molecule has 0 fully saturated rings. The molecule has 1 unspecified atom stereocenters. The number of hydrogen-bond acceptors (Lipinski definition) is 5. The number of nitrogens with zero attached hydrogens (tertiary/aromatic N) is 1. The van der Waals surface area contributed by atoms with Crippen molar-refractivity contribution in [3.8, 4) is 5.75 Å². The highest BCUT2D eigenvalue weighted by Gasteiger charge is 2.33. The molecule has 0 spiro atoms. The van der Waals surface area contributed by atoms with Gasteiger partial charge in [0.15, 0.2) is 5.43 Å². The third kappa shape index (κ3) is 3.69. The van der Waals surface area contributed by atoms with Gasteiger partial charge in [-0.2, -0.15) is 4.31 Å². The molecule has 2 aliphatic rings. The van der Waals surface area contributed by atoms with Crippen LogP contribution in [0.5, 0.6) is 5.75 Å². The Morgan fingerprint density at radius 2 is 2.03 bits per heavy atom. The Balaban J connectivity index is 1.32. The van der Waals surface area contributed by atoms with E-state index in [1.54, 1.807) is 23.5 Å². The van der Waals surface area contributed by atoms with E-state index in [2.05, 4.69) is 6.92 Å². The molecule has 5 nitrogen and oxygen atoms in total. The van der Waals surface area contributed by atoms with Crippen LogP contribution in [0.3, 0.4) is 0 Å². The van der Waals surface area contributed by atoms with Gasteiger partial charge in [0, 0.05) is 33.6 Å². The van der Waals surface area contributed by atoms with Crippen LogP contribution in [0.1, 0.15) is 35.8 Å². The third-order valence-electron chi connectivity index (χ3n) is 6.44. The topological polar surface area (TPSA) is 63.7 Å². The minimum Gasteiger partial charge on any atom is -0.492 e. The fourth-order valence-corrected chi connectivity index (χ4v) is 7.56. The van der Waals surface area contributed by atoms with Crippen LogP contribution in [0, 0.1) is 5.92 Å². The van der Waals surface area contributed by atoms with Crippen LogP contribution in [0.2, 0.25) is 0 Å². The molecular weight excluding hydrogens is 430 g/mol. The average Bonchev–Trinajstić information content (AvgIpc) is 3.03. The smallest absolute Gasteiger partial charge is 0.243 e. The van der Waals surface area contributed by atoms with E-state index in [-0.39, 0.29) is 18.6 Å². The molecule has 162 valence electrons. The molecule has 1 atom stereocenters. The van der Waals surface area contributed by atoms with Gasteiger partial charge >= 0.3 is 0 Å². The zero-order valence-electron chi connectivity index (χ0n) is 17.5. The molecule has 0 radical (unpaired) electrons. The van der Waals surface area contributed by atoms with Crippen molar-refractivity contribution in [1.29, 1.82) is 0 Å². The SMILES string of the molecule is CCC1CCc2c(sc3cc(OCCN4Cc5ccccc5S4(=O)=O)ccc3c2=O)C1. The van der Waals surface area contributed by atoms with Crippen molar-refractivity contribution in [1.82, 2.24) is 4.31 Å². The van der Waals surface area contributed by atoms with Gasteiger partial charge < -0.3 is 4.74 Å². The Kier molecular flexibility index (Phi) is 5.36. The second-order valence-electron chi connectivity index (χ2n) is 8.30. The summed E-state index contributed by atoms with van der Waals surface area (Å²) < 4.78 is 33.6. The molecule has 1 aliphatic carbocycles. The molecular formula is C24H25NO4S2. The summed E-state index contributed by atoms with van der Waals surface area (Å²) in [6, 6.07) is 12.7. The van der Waals surface area contributed by atoms with E-state index in [0.29, 0.717) is 23.1 Å². The van der Waals surface area contributed by atoms with Gasteiger partial charge in [0.1, 0.15) is 12.4 Å². The van der Waals surface area contributed by atoms with Crippen LogP contribution in [-0.2, 0) is 29.4 Å². The standard InChI is InChI=1S/C24H25NO4S2/c1-2-16-7-9-19-21(13-16)30-22-14-18(8-10-20(22)24(19)26)29-12-11-25-15-17-5-3-4-6-23(17)31(25,27)28/h3-6,8,10,14,16H,2,7,9,11-13,15H2,1H3. The van der Waals surface area contributed by atoms with Crippen molar-refractivity contribution in [3.63, 3.8) is 0 Å². The van der Waals surface area contributed by atoms with Gasteiger partial charge in [-0.25, -0.2) is 8.42 Å². The molecule has 0 saturated carbocycles. The summed E-state index contributed by atoms with van der Waals surface area (Å²) in [6.07, 6.45) is 4.11. The van der Waals surface area contributed by atoms with E-state index in [1.807, 2.05) is 30.3 Å². The van der Waals surface area contributed by atoms with E-state index in [4.69, 9.17) is 4.74 Å². The molecule has 2 heterocycles. The molecule has 0 N–H and O–H groups in total. The molecule has 31 heavy (non-hydrogen) atoms. The first-order chi connectivity index (χ1) is 15.0. The Morgan fingerprint density at radius 1 is 1.19 bits per heavy atom. The van der Waals surface area contributed by atoms with E-state index < -0.39 is 10.0 Å². The summed E-state index contributed by atoms with van der Waals surface area (Å²) in [6.45, 7) is 3.14. The lowest BCUT2D eigenvalue weighted by Crippen LogP contribution is -2.29. The maximum Gasteiger partial charge on any atom is 0.243 e. The summed E-state index contributed by atoms with van der Waals surface area (Å²) in [5.74, 6) is 1.33. The van der Waals surface area contributed by atoms with E-state index in [0.717, 1.165) is 46.9 Å². The monoisotopic (exact) mass is 455 g/mol. The highest BCUT2D eigenvalue weighted by Crippen LogP contribution is 2.33. The van der Waals surface area contributed by atoms with Gasteiger partial charge in [-0.1, -0.05) is 31.5 Å². The van der Waals surface area contributed by atoms with Crippen molar-refractivity contribution in [2.45, 2.75) is 44.0 Å². The van der Waals surface area contributed by atoms with Crippen LogP contribution < -0.4 is 10.2 Å². The second kappa shape index (κ2) is 8.04. The number of benzene rings is 2. The molecule has 0 amide bonds. The van der Waals surface area contributed by atoms with Crippen LogP contribution in [0.4, 0.5) is 0 Å².